The maximum atomic E-state index is 12.0. The summed E-state index contributed by atoms with van der Waals surface area (Å²) in [5.74, 6) is 0. The van der Waals surface area contributed by atoms with Crippen molar-refractivity contribution in [1.29, 1.82) is 5.26 Å². The minimum absolute atomic E-state index is 0.223. The topological polar surface area (TPSA) is 56.6 Å². The quantitative estimate of drug-likeness (QED) is 0.860. The summed E-state index contributed by atoms with van der Waals surface area (Å²) in [6, 6.07) is 9.91. The maximum absolute atomic E-state index is 12.0. The molecule has 124 valence electrons. The maximum Gasteiger partial charge on any atom is 0.410 e. The van der Waals surface area contributed by atoms with E-state index in [-0.39, 0.29) is 6.09 Å². The Bertz CT molecular complexity index is 579. The average molecular weight is 315 g/mol. The zero-order chi connectivity index (χ0) is 16.9. The normalized spacial score (nSPS) is 16.0. The molecule has 0 N–H and O–H groups in total. The third-order valence-corrected chi connectivity index (χ3v) is 3.80. The van der Waals surface area contributed by atoms with E-state index >= 15 is 0 Å². The van der Waals surface area contributed by atoms with Crippen LogP contribution in [0.5, 0.6) is 0 Å². The Balaban J connectivity index is 1.76. The van der Waals surface area contributed by atoms with Gasteiger partial charge in [-0.3, -0.25) is 4.90 Å². The second-order valence-electron chi connectivity index (χ2n) is 6.87. The molecule has 1 aliphatic heterocycles. The van der Waals surface area contributed by atoms with Gasteiger partial charge >= 0.3 is 6.09 Å². The van der Waals surface area contributed by atoms with E-state index in [2.05, 4.69) is 17.0 Å². The van der Waals surface area contributed by atoms with Crippen molar-refractivity contribution in [2.75, 3.05) is 32.7 Å². The third-order valence-electron chi connectivity index (χ3n) is 3.80. The van der Waals surface area contributed by atoms with Crippen LogP contribution in [0.1, 0.15) is 31.9 Å². The van der Waals surface area contributed by atoms with E-state index in [0.717, 1.165) is 26.1 Å². The predicted molar refractivity (Wildman–Crippen MR) is 89.1 cm³/mol. The zero-order valence-electron chi connectivity index (χ0n) is 14.2. The van der Waals surface area contributed by atoms with Gasteiger partial charge in [0.15, 0.2) is 0 Å². The van der Waals surface area contributed by atoms with Crippen molar-refractivity contribution in [3.63, 3.8) is 0 Å². The van der Waals surface area contributed by atoms with E-state index in [0.29, 0.717) is 18.7 Å². The van der Waals surface area contributed by atoms with E-state index in [1.807, 2.05) is 39.0 Å². The molecule has 1 amide bonds. The monoisotopic (exact) mass is 315 g/mol. The lowest BCUT2D eigenvalue weighted by Gasteiger charge is -2.35. The molecule has 0 atom stereocenters. The molecule has 0 aliphatic carbocycles. The van der Waals surface area contributed by atoms with Gasteiger partial charge < -0.3 is 9.64 Å². The van der Waals surface area contributed by atoms with Crippen LogP contribution < -0.4 is 0 Å². The molecule has 1 heterocycles. The van der Waals surface area contributed by atoms with Crippen LogP contribution in [0.3, 0.4) is 0 Å². The average Bonchev–Trinajstić information content (AvgIpc) is 2.52. The SMILES string of the molecule is CC(C)(C)OC(=O)N1CCN(CCc2cccc(C#N)c2)CC1. The Morgan fingerprint density at radius 1 is 1.26 bits per heavy atom. The Morgan fingerprint density at radius 2 is 1.96 bits per heavy atom. The first-order valence-electron chi connectivity index (χ1n) is 8.07. The van der Waals surface area contributed by atoms with Crippen molar-refractivity contribution in [2.45, 2.75) is 32.8 Å². The molecular weight excluding hydrogens is 290 g/mol. The second kappa shape index (κ2) is 7.47. The summed E-state index contributed by atoms with van der Waals surface area (Å²) in [7, 11) is 0. The van der Waals surface area contributed by atoms with Gasteiger partial charge in [0.1, 0.15) is 5.60 Å². The summed E-state index contributed by atoms with van der Waals surface area (Å²) in [4.78, 5) is 16.1. The predicted octanol–water partition coefficient (Wildman–Crippen LogP) is 2.65. The number of carbonyl (C=O) groups is 1. The molecule has 0 bridgehead atoms. The number of hydrogen-bond acceptors (Lipinski definition) is 4. The molecule has 5 heteroatoms. The second-order valence-corrected chi connectivity index (χ2v) is 6.87. The summed E-state index contributed by atoms with van der Waals surface area (Å²) in [6.45, 7) is 9.72. The molecule has 1 aromatic rings. The number of nitrogens with zero attached hydrogens (tertiary/aromatic N) is 3. The van der Waals surface area contributed by atoms with Crippen LogP contribution in [0.25, 0.3) is 0 Å². The molecule has 0 unspecified atom stereocenters. The van der Waals surface area contributed by atoms with Crippen molar-refractivity contribution in [3.8, 4) is 6.07 Å². The molecule has 2 rings (SSSR count). The highest BCUT2D eigenvalue weighted by Crippen LogP contribution is 2.12. The molecule has 1 saturated heterocycles. The fourth-order valence-electron chi connectivity index (χ4n) is 2.56. The third kappa shape index (κ3) is 5.57. The molecule has 5 nitrogen and oxygen atoms in total. The van der Waals surface area contributed by atoms with Crippen molar-refractivity contribution in [3.05, 3.63) is 35.4 Å². The lowest BCUT2D eigenvalue weighted by molar-refractivity contribution is 0.0146. The molecule has 1 fully saturated rings. The van der Waals surface area contributed by atoms with Crippen molar-refractivity contribution < 1.29 is 9.53 Å². The van der Waals surface area contributed by atoms with Gasteiger partial charge in [0.2, 0.25) is 0 Å². The Kier molecular flexibility index (Phi) is 5.62. The number of benzene rings is 1. The van der Waals surface area contributed by atoms with E-state index in [1.165, 1.54) is 5.56 Å². The van der Waals surface area contributed by atoms with Gasteiger partial charge in [-0.25, -0.2) is 4.79 Å². The Morgan fingerprint density at radius 3 is 2.57 bits per heavy atom. The van der Waals surface area contributed by atoms with Crippen LogP contribution in [0.4, 0.5) is 4.79 Å². The fraction of sp³-hybridized carbons (Fsp3) is 0.556. The molecule has 23 heavy (non-hydrogen) atoms. The minimum Gasteiger partial charge on any atom is -0.444 e. The summed E-state index contributed by atoms with van der Waals surface area (Å²) in [6.07, 6.45) is 0.695. The van der Waals surface area contributed by atoms with Gasteiger partial charge in [-0.15, -0.1) is 0 Å². The van der Waals surface area contributed by atoms with Crippen LogP contribution in [0.15, 0.2) is 24.3 Å². The van der Waals surface area contributed by atoms with E-state index in [1.54, 1.807) is 4.90 Å². The van der Waals surface area contributed by atoms with E-state index in [4.69, 9.17) is 10.00 Å². The molecule has 1 aliphatic rings. The van der Waals surface area contributed by atoms with Gasteiger partial charge in [-0.2, -0.15) is 5.26 Å². The van der Waals surface area contributed by atoms with Crippen molar-refractivity contribution in [1.82, 2.24) is 9.80 Å². The van der Waals surface area contributed by atoms with Crippen LogP contribution in [-0.4, -0.2) is 54.2 Å². The number of amides is 1. The molecular formula is C18H25N3O2. The Hall–Kier alpha value is -2.06. The van der Waals surface area contributed by atoms with Crippen LogP contribution >= 0.6 is 0 Å². The number of piperazine rings is 1. The lowest BCUT2D eigenvalue weighted by atomic mass is 10.1. The summed E-state index contributed by atoms with van der Waals surface area (Å²) >= 11 is 0. The summed E-state index contributed by atoms with van der Waals surface area (Å²) in [5, 5.41) is 8.93. The van der Waals surface area contributed by atoms with Crippen LogP contribution in [0, 0.1) is 11.3 Å². The molecule has 0 spiro atoms. The minimum atomic E-state index is -0.444. The first-order chi connectivity index (χ1) is 10.9. The van der Waals surface area contributed by atoms with Gasteiger partial charge in [0.25, 0.3) is 0 Å². The lowest BCUT2D eigenvalue weighted by Crippen LogP contribution is -2.50. The number of hydrogen-bond donors (Lipinski definition) is 0. The smallest absolute Gasteiger partial charge is 0.410 e. The molecule has 1 aromatic carbocycles. The van der Waals surface area contributed by atoms with Gasteiger partial charge in [-0.05, 0) is 44.9 Å². The van der Waals surface area contributed by atoms with Crippen LogP contribution in [0.2, 0.25) is 0 Å². The van der Waals surface area contributed by atoms with Gasteiger partial charge in [0.05, 0.1) is 11.6 Å². The van der Waals surface area contributed by atoms with E-state index < -0.39 is 5.60 Å². The summed E-state index contributed by atoms with van der Waals surface area (Å²) < 4.78 is 5.41. The highest BCUT2D eigenvalue weighted by molar-refractivity contribution is 5.68. The Labute approximate surface area is 138 Å². The fourth-order valence-corrected chi connectivity index (χ4v) is 2.56. The molecule has 0 aromatic heterocycles. The highest BCUT2D eigenvalue weighted by Gasteiger charge is 2.25. The summed E-state index contributed by atoms with van der Waals surface area (Å²) in [5.41, 5.74) is 1.44. The number of ether oxygens (including phenoxy) is 1. The molecule has 0 saturated carbocycles. The molecule has 0 radical (unpaired) electrons. The van der Waals surface area contributed by atoms with Crippen molar-refractivity contribution in [2.24, 2.45) is 0 Å². The van der Waals surface area contributed by atoms with Gasteiger partial charge in [-0.1, -0.05) is 12.1 Å². The van der Waals surface area contributed by atoms with E-state index in [9.17, 15) is 4.79 Å². The largest absolute Gasteiger partial charge is 0.444 e. The number of carbonyl (C=O) groups excluding carboxylic acids is 1. The standard InChI is InChI=1S/C18H25N3O2/c1-18(2,3)23-17(22)21-11-9-20(10-12-21)8-7-15-5-4-6-16(13-15)14-19/h4-6,13H,7-12H2,1-3H3. The first kappa shape index (κ1) is 17.3. The number of nitriles is 1. The van der Waals surface area contributed by atoms with Gasteiger partial charge in [0, 0.05) is 32.7 Å². The number of rotatable bonds is 3. The first-order valence-corrected chi connectivity index (χ1v) is 8.07. The zero-order valence-corrected chi connectivity index (χ0v) is 14.2. The van der Waals surface area contributed by atoms with Crippen molar-refractivity contribution >= 4 is 6.09 Å². The van der Waals surface area contributed by atoms with Crippen LogP contribution in [-0.2, 0) is 11.2 Å². The highest BCUT2D eigenvalue weighted by atomic mass is 16.6.